The number of carbonyl (C=O) groups excluding carboxylic acids is 1. The molecule has 4 aromatic heterocycles. The summed E-state index contributed by atoms with van der Waals surface area (Å²) in [5.74, 6) is 7.53. The lowest BCUT2D eigenvalue weighted by Crippen LogP contribution is -2.20. The Morgan fingerprint density at radius 1 is 1.18 bits per heavy atom. The Kier molecular flexibility index (Phi) is 5.89. The van der Waals surface area contributed by atoms with Crippen molar-refractivity contribution in [3.05, 3.63) is 66.2 Å². The van der Waals surface area contributed by atoms with Crippen molar-refractivity contribution in [2.45, 2.75) is 19.3 Å². The van der Waals surface area contributed by atoms with Gasteiger partial charge in [-0.3, -0.25) is 19.1 Å². The van der Waals surface area contributed by atoms with Crippen molar-refractivity contribution in [1.82, 2.24) is 29.2 Å². The highest BCUT2D eigenvalue weighted by molar-refractivity contribution is 6.03. The summed E-state index contributed by atoms with van der Waals surface area (Å²) in [7, 11) is 0. The molecule has 34 heavy (non-hydrogen) atoms. The average Bonchev–Trinajstić information content (AvgIpc) is 3.49. The molecule has 1 aliphatic heterocycles. The molecule has 0 aliphatic carbocycles. The van der Waals surface area contributed by atoms with Crippen LogP contribution in [0.4, 0.5) is 11.8 Å². The number of nitrogens with zero attached hydrogens (tertiary/aromatic N) is 6. The second-order valence-corrected chi connectivity index (χ2v) is 8.09. The summed E-state index contributed by atoms with van der Waals surface area (Å²) < 4.78 is 1.83. The van der Waals surface area contributed by atoms with Gasteiger partial charge in [-0.05, 0) is 50.2 Å². The minimum absolute atomic E-state index is 0.271. The van der Waals surface area contributed by atoms with Crippen molar-refractivity contribution in [3.8, 4) is 23.4 Å². The molecule has 1 fully saturated rings. The maximum absolute atomic E-state index is 12.6. The smallest absolute Gasteiger partial charge is 0.258 e. The van der Waals surface area contributed by atoms with Gasteiger partial charge >= 0.3 is 0 Å². The number of anilines is 2. The SMILES string of the molecule is CC#CCN1CCC(c2nc(-c3ccc(C(=O)Nc4ccccn4)cn3)n3c(N)nccc23)C1. The van der Waals surface area contributed by atoms with E-state index in [0.29, 0.717) is 28.8 Å². The van der Waals surface area contributed by atoms with Crippen LogP contribution in [-0.2, 0) is 0 Å². The van der Waals surface area contributed by atoms with E-state index in [-0.39, 0.29) is 11.8 Å². The highest BCUT2D eigenvalue weighted by Crippen LogP contribution is 2.33. The Morgan fingerprint density at radius 2 is 2.09 bits per heavy atom. The lowest BCUT2D eigenvalue weighted by Gasteiger charge is -2.11. The summed E-state index contributed by atoms with van der Waals surface area (Å²) in [4.78, 5) is 32.8. The predicted molar refractivity (Wildman–Crippen MR) is 130 cm³/mol. The molecule has 170 valence electrons. The van der Waals surface area contributed by atoms with Gasteiger partial charge in [-0.25, -0.2) is 15.0 Å². The number of aromatic nitrogens is 5. The van der Waals surface area contributed by atoms with Gasteiger partial charge in [0.15, 0.2) is 5.82 Å². The monoisotopic (exact) mass is 452 g/mol. The molecule has 4 aromatic rings. The fraction of sp³-hybridized carbons (Fsp3) is 0.240. The zero-order valence-electron chi connectivity index (χ0n) is 18.8. The Hall–Kier alpha value is -4.29. The molecule has 0 radical (unpaired) electrons. The van der Waals surface area contributed by atoms with Crippen LogP contribution in [0.1, 0.15) is 35.3 Å². The van der Waals surface area contributed by atoms with Gasteiger partial charge in [0.2, 0.25) is 5.95 Å². The van der Waals surface area contributed by atoms with Crippen molar-refractivity contribution < 1.29 is 4.79 Å². The predicted octanol–water partition coefficient (Wildman–Crippen LogP) is 2.83. The summed E-state index contributed by atoms with van der Waals surface area (Å²) in [6.07, 6.45) is 5.85. The number of nitrogens with two attached hydrogens (primary N) is 1. The molecule has 1 saturated heterocycles. The van der Waals surface area contributed by atoms with Crippen molar-refractivity contribution in [2.75, 3.05) is 30.7 Å². The molecular weight excluding hydrogens is 428 g/mol. The van der Waals surface area contributed by atoms with Crippen LogP contribution in [0.25, 0.3) is 17.0 Å². The summed E-state index contributed by atoms with van der Waals surface area (Å²) in [5, 5.41) is 2.76. The Labute approximate surface area is 197 Å². The van der Waals surface area contributed by atoms with Gasteiger partial charge in [-0.2, -0.15) is 0 Å². The standard InChI is InChI=1S/C25H24N8O/c1-2-3-13-32-14-10-18(16-32)22-20-9-12-28-25(26)33(20)23(31-22)19-8-7-17(15-29-19)24(34)30-21-6-4-5-11-27-21/h4-9,11-12,15,18H,10,13-14,16H2,1H3,(H2,26,28)(H,27,30,34). The molecule has 5 heterocycles. The maximum atomic E-state index is 12.6. The first-order valence-corrected chi connectivity index (χ1v) is 11.1. The number of carbonyl (C=O) groups is 1. The van der Waals surface area contributed by atoms with Crippen LogP contribution < -0.4 is 11.1 Å². The third-order valence-electron chi connectivity index (χ3n) is 5.91. The molecule has 0 aromatic carbocycles. The van der Waals surface area contributed by atoms with E-state index in [9.17, 15) is 4.79 Å². The van der Waals surface area contributed by atoms with Crippen molar-refractivity contribution in [2.24, 2.45) is 0 Å². The average molecular weight is 453 g/mol. The van der Waals surface area contributed by atoms with E-state index in [0.717, 1.165) is 37.3 Å². The summed E-state index contributed by atoms with van der Waals surface area (Å²) >= 11 is 0. The van der Waals surface area contributed by atoms with E-state index in [4.69, 9.17) is 10.7 Å². The number of pyridine rings is 2. The zero-order chi connectivity index (χ0) is 23.5. The van der Waals surface area contributed by atoms with E-state index < -0.39 is 0 Å². The Bertz CT molecular complexity index is 1390. The van der Waals surface area contributed by atoms with E-state index in [1.54, 1.807) is 36.7 Å². The Balaban J connectivity index is 1.44. The molecule has 1 amide bonds. The molecule has 0 bridgehead atoms. The molecule has 9 nitrogen and oxygen atoms in total. The molecular formula is C25H24N8O. The highest BCUT2D eigenvalue weighted by atomic mass is 16.1. The van der Waals surface area contributed by atoms with Gasteiger partial charge in [-0.15, -0.1) is 5.92 Å². The quantitative estimate of drug-likeness (QED) is 0.448. The van der Waals surface area contributed by atoms with Crippen molar-refractivity contribution in [1.29, 1.82) is 0 Å². The number of rotatable bonds is 5. The van der Waals surface area contributed by atoms with E-state index in [1.165, 1.54) is 6.20 Å². The van der Waals surface area contributed by atoms with Crippen LogP contribution >= 0.6 is 0 Å². The first-order valence-electron chi connectivity index (χ1n) is 11.1. The number of hydrogen-bond acceptors (Lipinski definition) is 7. The number of imidazole rings is 1. The highest BCUT2D eigenvalue weighted by Gasteiger charge is 2.28. The minimum atomic E-state index is -0.283. The Morgan fingerprint density at radius 3 is 2.85 bits per heavy atom. The van der Waals surface area contributed by atoms with Crippen molar-refractivity contribution in [3.63, 3.8) is 0 Å². The van der Waals surface area contributed by atoms with Gasteiger partial charge < -0.3 is 11.1 Å². The van der Waals surface area contributed by atoms with E-state index >= 15 is 0 Å². The lowest BCUT2D eigenvalue weighted by atomic mass is 10.0. The number of fused-ring (bicyclic) bond motifs is 1. The molecule has 0 saturated carbocycles. The first-order chi connectivity index (χ1) is 16.6. The maximum Gasteiger partial charge on any atom is 0.258 e. The first kappa shape index (κ1) is 21.6. The normalized spacial score (nSPS) is 15.7. The summed E-state index contributed by atoms with van der Waals surface area (Å²) in [6.45, 7) is 4.49. The summed E-state index contributed by atoms with van der Waals surface area (Å²) in [6, 6.07) is 10.8. The van der Waals surface area contributed by atoms with Crippen LogP contribution in [0.15, 0.2) is 55.0 Å². The third-order valence-corrected chi connectivity index (χ3v) is 5.91. The number of nitrogen functional groups attached to an aromatic ring is 1. The van der Waals surface area contributed by atoms with Crippen LogP contribution in [0, 0.1) is 11.8 Å². The lowest BCUT2D eigenvalue weighted by molar-refractivity contribution is 0.102. The fourth-order valence-corrected chi connectivity index (χ4v) is 4.23. The van der Waals surface area contributed by atoms with Gasteiger partial charge in [0, 0.05) is 31.1 Å². The van der Waals surface area contributed by atoms with E-state index in [1.807, 2.05) is 23.5 Å². The van der Waals surface area contributed by atoms with Crippen LogP contribution in [0.3, 0.4) is 0 Å². The second kappa shape index (κ2) is 9.29. The minimum Gasteiger partial charge on any atom is -0.369 e. The van der Waals surface area contributed by atoms with Crippen LogP contribution in [0.5, 0.6) is 0 Å². The number of hydrogen-bond donors (Lipinski definition) is 2. The molecule has 3 N–H and O–H groups in total. The molecule has 9 heteroatoms. The van der Waals surface area contributed by atoms with E-state index in [2.05, 4.69) is 37.0 Å². The van der Waals surface area contributed by atoms with Crippen LogP contribution in [0.2, 0.25) is 0 Å². The molecule has 0 spiro atoms. The zero-order valence-corrected chi connectivity index (χ0v) is 18.8. The molecule has 1 unspecified atom stereocenters. The molecule has 1 aliphatic rings. The topological polar surface area (TPSA) is 114 Å². The second-order valence-electron chi connectivity index (χ2n) is 8.09. The number of amides is 1. The largest absolute Gasteiger partial charge is 0.369 e. The summed E-state index contributed by atoms with van der Waals surface area (Å²) in [5.41, 5.74) is 9.19. The molecule has 1 atom stereocenters. The van der Waals surface area contributed by atoms with Gasteiger partial charge in [0.1, 0.15) is 11.5 Å². The van der Waals surface area contributed by atoms with Gasteiger partial charge in [0.05, 0.1) is 23.3 Å². The number of likely N-dealkylation sites (tertiary alicyclic amines) is 1. The third kappa shape index (κ3) is 4.19. The molecule has 5 rings (SSSR count). The van der Waals surface area contributed by atoms with Crippen LogP contribution in [-0.4, -0.2) is 54.8 Å². The van der Waals surface area contributed by atoms with Gasteiger partial charge in [0.25, 0.3) is 5.91 Å². The fourth-order valence-electron chi connectivity index (χ4n) is 4.23. The van der Waals surface area contributed by atoms with Gasteiger partial charge in [-0.1, -0.05) is 12.0 Å². The van der Waals surface area contributed by atoms with Crippen molar-refractivity contribution >= 4 is 23.2 Å². The number of nitrogens with one attached hydrogen (secondary N) is 1.